The summed E-state index contributed by atoms with van der Waals surface area (Å²) in [5.74, 6) is -0.682. The van der Waals surface area contributed by atoms with E-state index in [1.54, 1.807) is 20.8 Å². The molecule has 3 nitrogen and oxygen atoms in total. The van der Waals surface area contributed by atoms with Gasteiger partial charge in [0.1, 0.15) is 12.1 Å². The second-order valence-corrected chi connectivity index (χ2v) is 7.40. The maximum absolute atomic E-state index is 12.8. The fourth-order valence-corrected chi connectivity index (χ4v) is 2.50. The van der Waals surface area contributed by atoms with Crippen LogP contribution in [0.5, 0.6) is 0 Å². The maximum Gasteiger partial charge on any atom is 0.416 e. The van der Waals surface area contributed by atoms with E-state index < -0.39 is 41.6 Å². The fourth-order valence-electron chi connectivity index (χ4n) is 2.50. The third-order valence-electron chi connectivity index (χ3n) is 3.76. The Kier molecular flexibility index (Phi) is 6.63. The molecule has 2 aromatic carbocycles. The highest BCUT2D eigenvalue weighted by Gasteiger charge is 2.31. The molecule has 9 heteroatoms. The molecule has 2 rings (SSSR count). The van der Waals surface area contributed by atoms with Crippen LogP contribution in [0.15, 0.2) is 53.5 Å². The molecule has 0 fully saturated rings. The first-order chi connectivity index (χ1) is 13.7. The molecule has 0 saturated carbocycles. The van der Waals surface area contributed by atoms with Crippen molar-refractivity contribution in [3.8, 4) is 0 Å². The Hall–Kier alpha value is -2.84. The fraction of sp³-hybridized carbons (Fsp3) is 0.333. The zero-order valence-electron chi connectivity index (χ0n) is 16.4. The lowest BCUT2D eigenvalue weighted by Crippen LogP contribution is -2.25. The lowest BCUT2D eigenvalue weighted by molar-refractivity contribution is -0.152. The zero-order chi connectivity index (χ0) is 22.7. The van der Waals surface area contributed by atoms with Crippen LogP contribution in [0.2, 0.25) is 0 Å². The number of hydrogen-bond acceptors (Lipinski definition) is 3. The van der Waals surface area contributed by atoms with Gasteiger partial charge < -0.3 is 4.74 Å². The Morgan fingerprint density at radius 2 is 1.13 bits per heavy atom. The number of alkyl halides is 6. The summed E-state index contributed by atoms with van der Waals surface area (Å²) in [7, 11) is 0. The molecule has 0 saturated heterocycles. The van der Waals surface area contributed by atoms with Crippen molar-refractivity contribution in [2.75, 3.05) is 6.54 Å². The van der Waals surface area contributed by atoms with Crippen molar-refractivity contribution in [1.29, 1.82) is 0 Å². The summed E-state index contributed by atoms with van der Waals surface area (Å²) in [6.07, 6.45) is -9.08. The Morgan fingerprint density at radius 1 is 0.767 bits per heavy atom. The SMILES string of the molecule is CC(C)(C)OC(=O)CN=C(c1ccc(C(F)(F)F)cc1)c1ccc(C(F)(F)F)cc1. The smallest absolute Gasteiger partial charge is 0.416 e. The number of carbonyl (C=O) groups is 1. The van der Waals surface area contributed by atoms with Gasteiger partial charge in [0.2, 0.25) is 0 Å². The van der Waals surface area contributed by atoms with E-state index in [0.29, 0.717) is 0 Å². The summed E-state index contributed by atoms with van der Waals surface area (Å²) in [6.45, 7) is 4.51. The molecule has 0 aliphatic heterocycles. The third-order valence-corrected chi connectivity index (χ3v) is 3.76. The molecular weight excluding hydrogens is 412 g/mol. The standard InChI is InChI=1S/C21H19F6NO2/c1-19(2,3)30-17(29)12-28-18(13-4-8-15(9-5-13)20(22,23)24)14-6-10-16(11-7-14)21(25,26)27/h4-11H,12H2,1-3H3. The number of ether oxygens (including phenoxy) is 1. The number of nitrogens with zero attached hydrogens (tertiary/aromatic N) is 1. The van der Waals surface area contributed by atoms with Crippen molar-refractivity contribution in [2.24, 2.45) is 4.99 Å². The van der Waals surface area contributed by atoms with E-state index in [2.05, 4.69) is 4.99 Å². The molecule has 0 radical (unpaired) electrons. The van der Waals surface area contributed by atoms with Crippen LogP contribution in [0.4, 0.5) is 26.3 Å². The molecule has 0 N–H and O–H groups in total. The summed E-state index contributed by atoms with van der Waals surface area (Å²) >= 11 is 0. The highest BCUT2D eigenvalue weighted by Crippen LogP contribution is 2.31. The number of benzene rings is 2. The van der Waals surface area contributed by atoms with Gasteiger partial charge in [0.15, 0.2) is 0 Å². The summed E-state index contributed by atoms with van der Waals surface area (Å²) in [5, 5.41) is 0. The van der Waals surface area contributed by atoms with Gasteiger partial charge in [-0.25, -0.2) is 0 Å². The number of rotatable bonds is 4. The second kappa shape index (κ2) is 8.49. The third kappa shape index (κ3) is 6.60. The van der Waals surface area contributed by atoms with E-state index >= 15 is 0 Å². The topological polar surface area (TPSA) is 38.7 Å². The Balaban J connectivity index is 2.42. The average Bonchev–Trinajstić information content (AvgIpc) is 2.60. The highest BCUT2D eigenvalue weighted by molar-refractivity contribution is 6.13. The van der Waals surface area contributed by atoms with E-state index in [4.69, 9.17) is 4.74 Å². The van der Waals surface area contributed by atoms with Gasteiger partial charge in [0.25, 0.3) is 0 Å². The van der Waals surface area contributed by atoms with Crippen molar-refractivity contribution in [1.82, 2.24) is 0 Å². The second-order valence-electron chi connectivity index (χ2n) is 7.40. The van der Waals surface area contributed by atoms with Crippen LogP contribution in [0.25, 0.3) is 0 Å². The van der Waals surface area contributed by atoms with Crippen molar-refractivity contribution >= 4 is 11.7 Å². The minimum atomic E-state index is -4.54. The Labute approximate surface area is 169 Å². The molecule has 2 aromatic rings. The summed E-state index contributed by atoms with van der Waals surface area (Å²) in [4.78, 5) is 16.1. The van der Waals surface area contributed by atoms with E-state index in [0.717, 1.165) is 48.5 Å². The van der Waals surface area contributed by atoms with Gasteiger partial charge in [-0.1, -0.05) is 24.3 Å². The predicted octanol–water partition coefficient (Wildman–Crippen LogP) is 5.90. The summed E-state index contributed by atoms with van der Waals surface area (Å²) < 4.78 is 82.0. The molecular formula is C21H19F6NO2. The minimum absolute atomic E-state index is 0.0725. The van der Waals surface area contributed by atoms with Gasteiger partial charge in [0.05, 0.1) is 16.8 Å². The number of hydrogen-bond donors (Lipinski definition) is 0. The number of halogens is 6. The van der Waals surface area contributed by atoms with Gasteiger partial charge in [-0.2, -0.15) is 26.3 Å². The van der Waals surface area contributed by atoms with Crippen LogP contribution in [0.3, 0.4) is 0 Å². The molecule has 162 valence electrons. The molecule has 0 atom stereocenters. The first-order valence-electron chi connectivity index (χ1n) is 8.78. The van der Waals surface area contributed by atoms with E-state index in [1.165, 1.54) is 0 Å². The van der Waals surface area contributed by atoms with Crippen molar-refractivity contribution in [3.63, 3.8) is 0 Å². The van der Waals surface area contributed by atoms with E-state index in [-0.39, 0.29) is 16.8 Å². The maximum atomic E-state index is 12.8. The van der Waals surface area contributed by atoms with Crippen LogP contribution in [0.1, 0.15) is 43.0 Å². The van der Waals surface area contributed by atoms with Gasteiger partial charge in [0, 0.05) is 11.1 Å². The molecule has 0 aliphatic carbocycles. The molecule has 0 aromatic heterocycles. The lowest BCUT2D eigenvalue weighted by Gasteiger charge is -2.19. The molecule has 0 bridgehead atoms. The lowest BCUT2D eigenvalue weighted by atomic mass is 9.99. The van der Waals surface area contributed by atoms with Gasteiger partial charge in [-0.05, 0) is 45.0 Å². The van der Waals surface area contributed by atoms with Gasteiger partial charge >= 0.3 is 18.3 Å². The normalized spacial score (nSPS) is 12.4. The first kappa shape index (κ1) is 23.4. The first-order valence-corrected chi connectivity index (χ1v) is 8.78. The number of carbonyl (C=O) groups excluding carboxylic acids is 1. The van der Waals surface area contributed by atoms with Crippen LogP contribution < -0.4 is 0 Å². The zero-order valence-corrected chi connectivity index (χ0v) is 16.4. The van der Waals surface area contributed by atoms with Crippen molar-refractivity contribution in [3.05, 3.63) is 70.8 Å². The monoisotopic (exact) mass is 431 g/mol. The van der Waals surface area contributed by atoms with Crippen molar-refractivity contribution in [2.45, 2.75) is 38.7 Å². The van der Waals surface area contributed by atoms with Gasteiger partial charge in [-0.3, -0.25) is 9.79 Å². The number of aliphatic imine (C=N–C) groups is 1. The largest absolute Gasteiger partial charge is 0.459 e. The van der Waals surface area contributed by atoms with Gasteiger partial charge in [-0.15, -0.1) is 0 Å². The van der Waals surface area contributed by atoms with Crippen LogP contribution >= 0.6 is 0 Å². The summed E-state index contributed by atoms with van der Waals surface area (Å²) in [6, 6.07) is 7.93. The average molecular weight is 431 g/mol. The number of esters is 1. The predicted molar refractivity (Wildman–Crippen MR) is 99.2 cm³/mol. The van der Waals surface area contributed by atoms with Crippen LogP contribution in [-0.2, 0) is 21.9 Å². The van der Waals surface area contributed by atoms with Crippen molar-refractivity contribution < 1.29 is 35.9 Å². The minimum Gasteiger partial charge on any atom is -0.459 e. The molecule has 30 heavy (non-hydrogen) atoms. The quantitative estimate of drug-likeness (QED) is 0.343. The Morgan fingerprint density at radius 3 is 1.43 bits per heavy atom. The molecule has 0 heterocycles. The van der Waals surface area contributed by atoms with Crippen LogP contribution in [-0.4, -0.2) is 23.8 Å². The molecule has 0 spiro atoms. The van der Waals surface area contributed by atoms with E-state index in [1.807, 2.05) is 0 Å². The Bertz CT molecular complexity index is 845. The van der Waals surface area contributed by atoms with Crippen LogP contribution in [0, 0.1) is 0 Å². The highest BCUT2D eigenvalue weighted by atomic mass is 19.4. The summed E-state index contributed by atoms with van der Waals surface area (Å²) in [5.41, 5.74) is -2.04. The molecule has 0 amide bonds. The molecule has 0 aliphatic rings. The van der Waals surface area contributed by atoms with E-state index in [9.17, 15) is 31.1 Å². The molecule has 0 unspecified atom stereocenters.